The summed E-state index contributed by atoms with van der Waals surface area (Å²) in [4.78, 5) is 51.6. The summed E-state index contributed by atoms with van der Waals surface area (Å²) in [6, 6.07) is 0. The SMILES string of the molecule is COC(=O)[C@H]1O[C@H](OC(=N)C(Cl)(Cl)Cl)[C@H](OC(=O)C(C)(C)C)[C@@H](OC(=O)C(C)(C)C)[C@@H]1OC(=O)C(C)(C)C. The highest BCUT2D eigenvalue weighted by Crippen LogP contribution is 2.36. The molecule has 0 amide bonds. The minimum Gasteiger partial charge on any atom is -0.467 e. The molecule has 1 N–H and O–H groups in total. The van der Waals surface area contributed by atoms with Crippen molar-refractivity contribution in [1.29, 1.82) is 5.41 Å². The number of carbonyl (C=O) groups is 4. The Balaban J connectivity index is 3.80. The summed E-state index contributed by atoms with van der Waals surface area (Å²) < 4.78 is 30.5. The lowest BCUT2D eigenvalue weighted by Crippen LogP contribution is -2.65. The van der Waals surface area contributed by atoms with E-state index in [1.54, 1.807) is 62.3 Å². The van der Waals surface area contributed by atoms with Crippen LogP contribution in [0.15, 0.2) is 0 Å². The van der Waals surface area contributed by atoms with Crippen LogP contribution in [0.25, 0.3) is 0 Å². The molecule has 11 nitrogen and oxygen atoms in total. The molecule has 218 valence electrons. The molecule has 0 spiro atoms. The van der Waals surface area contributed by atoms with E-state index in [9.17, 15) is 19.2 Å². The van der Waals surface area contributed by atoms with Crippen molar-refractivity contribution in [3.8, 4) is 0 Å². The smallest absolute Gasteiger partial charge is 0.339 e. The molecule has 0 aromatic rings. The maximum atomic E-state index is 13.0. The third-order valence-electron chi connectivity index (χ3n) is 4.99. The third-order valence-corrected chi connectivity index (χ3v) is 5.50. The van der Waals surface area contributed by atoms with E-state index in [2.05, 4.69) is 0 Å². The molecule has 0 unspecified atom stereocenters. The van der Waals surface area contributed by atoms with E-state index in [4.69, 9.17) is 68.6 Å². The lowest BCUT2D eigenvalue weighted by atomic mass is 9.93. The molecule has 0 aromatic carbocycles. The van der Waals surface area contributed by atoms with Crippen LogP contribution in [0.1, 0.15) is 62.3 Å². The van der Waals surface area contributed by atoms with Gasteiger partial charge in [-0.05, 0) is 62.3 Å². The molecular weight excluding hydrogens is 569 g/mol. The molecule has 5 atom stereocenters. The Morgan fingerprint density at radius 3 is 1.37 bits per heavy atom. The van der Waals surface area contributed by atoms with E-state index in [0.717, 1.165) is 7.11 Å². The lowest BCUT2D eigenvalue weighted by Gasteiger charge is -2.45. The van der Waals surface area contributed by atoms with Crippen LogP contribution in [0.4, 0.5) is 0 Å². The Hall–Kier alpha value is -1.82. The monoisotopic (exact) mass is 603 g/mol. The van der Waals surface area contributed by atoms with Gasteiger partial charge in [0, 0.05) is 0 Å². The predicted octanol–water partition coefficient (Wildman–Crippen LogP) is 4.12. The molecule has 0 aliphatic carbocycles. The number of methoxy groups -OCH3 is 1. The van der Waals surface area contributed by atoms with Crippen LogP contribution in [0, 0.1) is 21.7 Å². The van der Waals surface area contributed by atoms with Crippen LogP contribution < -0.4 is 0 Å². The largest absolute Gasteiger partial charge is 0.467 e. The number of esters is 4. The van der Waals surface area contributed by atoms with Gasteiger partial charge in [-0.15, -0.1) is 0 Å². The molecular formula is C24H36Cl3NO10. The first kappa shape index (κ1) is 34.2. The highest BCUT2D eigenvalue weighted by molar-refractivity contribution is 6.76. The zero-order chi connectivity index (χ0) is 30.0. The molecule has 0 aromatic heterocycles. The predicted molar refractivity (Wildman–Crippen MR) is 138 cm³/mol. The lowest BCUT2D eigenvalue weighted by molar-refractivity contribution is -0.290. The second-order valence-corrected chi connectivity index (χ2v) is 14.0. The summed E-state index contributed by atoms with van der Waals surface area (Å²) in [5.41, 5.74) is -3.19. The Morgan fingerprint density at radius 2 is 1.03 bits per heavy atom. The van der Waals surface area contributed by atoms with Crippen LogP contribution in [0.2, 0.25) is 0 Å². The van der Waals surface area contributed by atoms with Crippen molar-refractivity contribution in [3.63, 3.8) is 0 Å². The fourth-order valence-corrected chi connectivity index (χ4v) is 2.82. The molecule has 1 aliphatic rings. The minimum atomic E-state index is -2.37. The minimum absolute atomic E-state index is 0.786. The summed E-state index contributed by atoms with van der Waals surface area (Å²) in [6.07, 6.45) is -8.57. The van der Waals surface area contributed by atoms with Crippen molar-refractivity contribution in [2.75, 3.05) is 7.11 Å². The summed E-state index contributed by atoms with van der Waals surface area (Å²) in [5.74, 6) is -4.36. The van der Waals surface area contributed by atoms with Gasteiger partial charge in [0.25, 0.3) is 3.79 Å². The van der Waals surface area contributed by atoms with E-state index in [1.165, 1.54) is 0 Å². The van der Waals surface area contributed by atoms with Gasteiger partial charge < -0.3 is 28.4 Å². The van der Waals surface area contributed by atoms with Gasteiger partial charge in [-0.1, -0.05) is 34.8 Å². The maximum absolute atomic E-state index is 13.0. The first-order chi connectivity index (χ1) is 16.9. The third kappa shape index (κ3) is 9.14. The summed E-state index contributed by atoms with van der Waals surface area (Å²) >= 11 is 17.3. The summed E-state index contributed by atoms with van der Waals surface area (Å²) in [7, 11) is 1.05. The average molecular weight is 605 g/mol. The number of rotatable bonds is 5. The van der Waals surface area contributed by atoms with E-state index >= 15 is 0 Å². The topological polar surface area (TPSA) is 148 Å². The van der Waals surface area contributed by atoms with E-state index in [-0.39, 0.29) is 0 Å². The second kappa shape index (κ2) is 12.1. The molecule has 0 bridgehead atoms. The number of alkyl halides is 3. The van der Waals surface area contributed by atoms with Crippen molar-refractivity contribution in [3.05, 3.63) is 0 Å². The van der Waals surface area contributed by atoms with Gasteiger partial charge in [-0.25, -0.2) is 4.79 Å². The molecule has 1 aliphatic heterocycles. The van der Waals surface area contributed by atoms with Crippen LogP contribution in [0.5, 0.6) is 0 Å². The molecule has 1 saturated heterocycles. The normalized spacial score (nSPS) is 24.6. The maximum Gasteiger partial charge on any atom is 0.339 e. The van der Waals surface area contributed by atoms with Crippen LogP contribution in [-0.4, -0.2) is 71.4 Å². The number of hydrogen-bond donors (Lipinski definition) is 1. The van der Waals surface area contributed by atoms with Gasteiger partial charge in [0.05, 0.1) is 23.4 Å². The van der Waals surface area contributed by atoms with Crippen molar-refractivity contribution in [2.45, 2.75) is 96.8 Å². The molecule has 1 heterocycles. The number of ether oxygens (including phenoxy) is 6. The van der Waals surface area contributed by atoms with Gasteiger partial charge >= 0.3 is 23.9 Å². The quantitative estimate of drug-likeness (QED) is 0.160. The summed E-state index contributed by atoms with van der Waals surface area (Å²) in [6.45, 7) is 14.0. The number of hydrogen-bond acceptors (Lipinski definition) is 11. The number of nitrogens with one attached hydrogen (secondary N) is 1. The zero-order valence-corrected chi connectivity index (χ0v) is 25.4. The van der Waals surface area contributed by atoms with Gasteiger partial charge in [0.2, 0.25) is 18.3 Å². The van der Waals surface area contributed by atoms with Crippen LogP contribution >= 0.6 is 34.8 Å². The molecule has 0 saturated carbocycles. The Bertz CT molecular complexity index is 928. The summed E-state index contributed by atoms with van der Waals surface area (Å²) in [5, 5.41) is 7.99. The molecule has 1 rings (SSSR count). The molecule has 38 heavy (non-hydrogen) atoms. The Labute approximate surface area is 237 Å². The average Bonchev–Trinajstić information content (AvgIpc) is 2.73. The molecule has 1 fully saturated rings. The van der Waals surface area contributed by atoms with E-state index in [0.29, 0.717) is 0 Å². The van der Waals surface area contributed by atoms with Gasteiger partial charge in [0.15, 0.2) is 18.3 Å². The first-order valence-electron chi connectivity index (χ1n) is 11.6. The van der Waals surface area contributed by atoms with Crippen molar-refractivity contribution < 1.29 is 47.6 Å². The van der Waals surface area contributed by atoms with E-state index in [1.807, 2.05) is 0 Å². The highest BCUT2D eigenvalue weighted by Gasteiger charge is 2.58. The fraction of sp³-hybridized carbons (Fsp3) is 0.792. The highest BCUT2D eigenvalue weighted by atomic mass is 35.6. The van der Waals surface area contributed by atoms with Gasteiger partial charge in [-0.3, -0.25) is 19.8 Å². The zero-order valence-electron chi connectivity index (χ0n) is 23.1. The Morgan fingerprint density at radius 1 is 0.658 bits per heavy atom. The van der Waals surface area contributed by atoms with Crippen molar-refractivity contribution in [1.82, 2.24) is 0 Å². The number of carbonyl (C=O) groups excluding carboxylic acids is 4. The standard InChI is InChI=1S/C24H36Cl3NO10/c1-21(2,3)18(30)35-11-12(36-19(31)22(4,5)6)14(37-20(32)23(7,8)9)16(34-13(11)15(29)33-10)38-17(28)24(25,26)27/h11-14,16,28H,1-10H3/t11-,12-,13-,14+,16+/m0/s1. The van der Waals surface area contributed by atoms with Crippen molar-refractivity contribution in [2.24, 2.45) is 16.2 Å². The van der Waals surface area contributed by atoms with Gasteiger partial charge in [0.1, 0.15) is 0 Å². The molecule has 0 radical (unpaired) electrons. The van der Waals surface area contributed by atoms with Crippen molar-refractivity contribution >= 4 is 64.6 Å². The van der Waals surface area contributed by atoms with E-state index < -0.39 is 80.5 Å². The first-order valence-corrected chi connectivity index (χ1v) is 12.7. The van der Waals surface area contributed by atoms with Gasteiger partial charge in [-0.2, -0.15) is 0 Å². The second-order valence-electron chi connectivity index (χ2n) is 11.8. The Kier molecular flexibility index (Phi) is 10.9. The fourth-order valence-electron chi connectivity index (χ4n) is 2.68. The number of halogens is 3. The van der Waals surface area contributed by atoms with Crippen LogP contribution in [0.3, 0.4) is 0 Å². The van der Waals surface area contributed by atoms with Crippen LogP contribution in [-0.2, 0) is 47.6 Å². The molecule has 14 heteroatoms.